The zero-order valence-electron chi connectivity index (χ0n) is 13.2. The van der Waals surface area contributed by atoms with E-state index in [1.165, 1.54) is 10.7 Å². The average Bonchev–Trinajstić information content (AvgIpc) is 3.02. The van der Waals surface area contributed by atoms with Crippen molar-refractivity contribution in [1.82, 2.24) is 19.7 Å². The van der Waals surface area contributed by atoms with Gasteiger partial charge in [0.15, 0.2) is 0 Å². The van der Waals surface area contributed by atoms with Crippen LogP contribution in [0.25, 0.3) is 28.0 Å². The van der Waals surface area contributed by atoms with Gasteiger partial charge in [-0.05, 0) is 24.3 Å². The van der Waals surface area contributed by atoms with Gasteiger partial charge in [0.1, 0.15) is 12.1 Å². The van der Waals surface area contributed by atoms with Crippen LogP contribution in [0.1, 0.15) is 0 Å². The first-order chi connectivity index (χ1) is 12.1. The summed E-state index contributed by atoms with van der Waals surface area (Å²) in [6.07, 6.45) is 4.66. The van der Waals surface area contributed by atoms with Gasteiger partial charge < -0.3 is 4.55 Å². The molecule has 0 aliphatic carbocycles. The van der Waals surface area contributed by atoms with Crippen LogP contribution in [0.3, 0.4) is 0 Å². The first-order valence-corrected chi connectivity index (χ1v) is 9.00. The standard InChI is InChI=1S/C18H12FN4OS/c1-25(24)17-14-7-3-5-9-16(14)23(22-17)18-20-10-12(11-21-18)13-6-2-4-8-15(13)19/h2-4,6-11H,1H3. The molecule has 0 saturated carbocycles. The molecule has 0 spiro atoms. The van der Waals surface area contributed by atoms with Gasteiger partial charge in [0.05, 0.1) is 10.9 Å². The molecule has 7 heteroatoms. The number of aromatic nitrogens is 4. The molecule has 0 aliphatic heterocycles. The van der Waals surface area contributed by atoms with E-state index in [9.17, 15) is 8.94 Å². The zero-order chi connectivity index (χ0) is 17.4. The monoisotopic (exact) mass is 351 g/mol. The van der Waals surface area contributed by atoms with Gasteiger partial charge in [-0.15, -0.1) is 5.10 Å². The van der Waals surface area contributed by atoms with Gasteiger partial charge >= 0.3 is 0 Å². The summed E-state index contributed by atoms with van der Waals surface area (Å²) in [5, 5.41) is 5.61. The Labute approximate surface area is 146 Å². The van der Waals surface area contributed by atoms with Crippen LogP contribution in [0.5, 0.6) is 0 Å². The Morgan fingerprint density at radius 1 is 1.16 bits per heavy atom. The molecule has 0 saturated heterocycles. The third kappa shape index (κ3) is 2.77. The lowest BCUT2D eigenvalue weighted by Gasteiger charge is -2.04. The first-order valence-electron chi connectivity index (χ1n) is 7.45. The van der Waals surface area contributed by atoms with Crippen LogP contribution in [0.15, 0.2) is 59.9 Å². The van der Waals surface area contributed by atoms with E-state index in [0.29, 0.717) is 27.6 Å². The Balaban J connectivity index is 1.81. The summed E-state index contributed by atoms with van der Waals surface area (Å²) in [5.41, 5.74) is 1.72. The van der Waals surface area contributed by atoms with Gasteiger partial charge in [-0.1, -0.05) is 24.3 Å². The van der Waals surface area contributed by atoms with Crippen molar-refractivity contribution in [2.24, 2.45) is 0 Å². The van der Waals surface area contributed by atoms with Crippen molar-refractivity contribution in [2.45, 2.75) is 5.03 Å². The Hall–Kier alpha value is -2.77. The minimum Gasteiger partial charge on any atom is -0.610 e. The van der Waals surface area contributed by atoms with Gasteiger partial charge in [-0.25, -0.2) is 14.4 Å². The second-order valence-electron chi connectivity index (χ2n) is 5.37. The number of halogens is 1. The first kappa shape index (κ1) is 15.7. The number of hydrogen-bond donors (Lipinski definition) is 0. The highest BCUT2D eigenvalue weighted by Crippen LogP contribution is 2.25. The van der Waals surface area contributed by atoms with Crippen molar-refractivity contribution >= 4 is 22.1 Å². The smallest absolute Gasteiger partial charge is 0.271 e. The molecular weight excluding hydrogens is 339 g/mol. The second kappa shape index (κ2) is 6.27. The van der Waals surface area contributed by atoms with Gasteiger partial charge in [0.2, 0.25) is 0 Å². The van der Waals surface area contributed by atoms with E-state index in [4.69, 9.17) is 0 Å². The molecule has 4 aromatic rings. The SMILES string of the molecule is C[S+]([O-])c1nn(-c2ncc(-c3ccccc3F)cn2)c2c[c]ccc12. The highest BCUT2D eigenvalue weighted by molar-refractivity contribution is 7.90. The van der Waals surface area contributed by atoms with Crippen LogP contribution >= 0.6 is 0 Å². The Morgan fingerprint density at radius 2 is 1.92 bits per heavy atom. The predicted octanol–water partition coefficient (Wildman–Crippen LogP) is 3.16. The van der Waals surface area contributed by atoms with E-state index in [0.717, 1.165) is 5.39 Å². The van der Waals surface area contributed by atoms with E-state index in [2.05, 4.69) is 21.1 Å². The van der Waals surface area contributed by atoms with Crippen LogP contribution in [-0.2, 0) is 11.2 Å². The summed E-state index contributed by atoms with van der Waals surface area (Å²) >= 11 is -1.24. The summed E-state index contributed by atoms with van der Waals surface area (Å²) in [5.74, 6) is -0.0111. The van der Waals surface area contributed by atoms with Gasteiger partial charge in [0, 0.05) is 34.7 Å². The van der Waals surface area contributed by atoms with Crippen molar-refractivity contribution in [2.75, 3.05) is 6.26 Å². The van der Waals surface area contributed by atoms with Gasteiger partial charge in [0.25, 0.3) is 11.0 Å². The minimum absolute atomic E-state index is 0.321. The molecule has 2 aromatic heterocycles. The third-order valence-electron chi connectivity index (χ3n) is 3.78. The maximum Gasteiger partial charge on any atom is 0.271 e. The highest BCUT2D eigenvalue weighted by Gasteiger charge is 2.19. The number of rotatable bonds is 3. The molecule has 0 amide bonds. The summed E-state index contributed by atoms with van der Waals surface area (Å²) in [4.78, 5) is 8.60. The summed E-state index contributed by atoms with van der Waals surface area (Å²) in [6, 6.07) is 14.7. The molecular formula is C18H12FN4OS. The normalized spacial score (nSPS) is 12.4. The molecule has 0 N–H and O–H groups in total. The van der Waals surface area contributed by atoms with Crippen LogP contribution < -0.4 is 0 Å². The topological polar surface area (TPSA) is 66.7 Å². The summed E-state index contributed by atoms with van der Waals surface area (Å²) < 4.78 is 27.3. The highest BCUT2D eigenvalue weighted by atomic mass is 32.2. The molecule has 5 nitrogen and oxygen atoms in total. The summed E-state index contributed by atoms with van der Waals surface area (Å²) in [7, 11) is 0. The molecule has 2 aromatic carbocycles. The summed E-state index contributed by atoms with van der Waals surface area (Å²) in [6.45, 7) is 0. The maximum atomic E-state index is 13.9. The van der Waals surface area contributed by atoms with Crippen molar-refractivity contribution in [3.63, 3.8) is 0 Å². The number of benzene rings is 2. The molecule has 4 rings (SSSR count). The van der Waals surface area contributed by atoms with E-state index >= 15 is 0 Å². The zero-order valence-corrected chi connectivity index (χ0v) is 14.0. The molecule has 0 bridgehead atoms. The molecule has 0 aliphatic rings. The quantitative estimate of drug-likeness (QED) is 0.532. The number of hydrogen-bond acceptors (Lipinski definition) is 4. The molecule has 1 atom stereocenters. The van der Waals surface area contributed by atoms with E-state index in [-0.39, 0.29) is 5.82 Å². The molecule has 1 unspecified atom stereocenters. The Morgan fingerprint density at radius 3 is 2.64 bits per heavy atom. The van der Waals surface area contributed by atoms with Gasteiger partial charge in [-0.2, -0.15) is 4.68 Å². The Kier molecular flexibility index (Phi) is 3.95. The lowest BCUT2D eigenvalue weighted by molar-refractivity contribution is 0.595. The van der Waals surface area contributed by atoms with Crippen LogP contribution in [0, 0.1) is 11.9 Å². The molecule has 2 heterocycles. The maximum absolute atomic E-state index is 13.9. The van der Waals surface area contributed by atoms with E-state index in [1.54, 1.807) is 49.0 Å². The van der Waals surface area contributed by atoms with Crippen LogP contribution in [0.2, 0.25) is 0 Å². The van der Waals surface area contributed by atoms with E-state index < -0.39 is 11.2 Å². The van der Waals surface area contributed by atoms with Gasteiger partial charge in [-0.3, -0.25) is 0 Å². The molecule has 0 fully saturated rings. The number of fused-ring (bicyclic) bond motifs is 1. The molecule has 25 heavy (non-hydrogen) atoms. The van der Waals surface area contributed by atoms with Crippen LogP contribution in [0.4, 0.5) is 4.39 Å². The largest absolute Gasteiger partial charge is 0.610 e. The second-order valence-corrected chi connectivity index (χ2v) is 6.66. The van der Waals surface area contributed by atoms with Crippen molar-refractivity contribution < 1.29 is 8.94 Å². The van der Waals surface area contributed by atoms with Crippen molar-refractivity contribution in [3.05, 3.63) is 66.7 Å². The fourth-order valence-corrected chi connectivity index (χ4v) is 3.28. The predicted molar refractivity (Wildman–Crippen MR) is 93.2 cm³/mol. The van der Waals surface area contributed by atoms with Crippen LogP contribution in [-0.4, -0.2) is 30.6 Å². The third-order valence-corrected chi connectivity index (χ3v) is 4.62. The van der Waals surface area contributed by atoms with Crippen molar-refractivity contribution in [1.29, 1.82) is 0 Å². The lowest BCUT2D eigenvalue weighted by atomic mass is 10.1. The fraction of sp³-hybridized carbons (Fsp3) is 0.0556. The number of nitrogens with zero attached hydrogens (tertiary/aromatic N) is 4. The average molecular weight is 351 g/mol. The minimum atomic E-state index is -1.24. The fourth-order valence-electron chi connectivity index (χ4n) is 2.61. The van der Waals surface area contributed by atoms with Crippen molar-refractivity contribution in [3.8, 4) is 17.1 Å². The molecule has 123 valence electrons. The molecule has 1 radical (unpaired) electrons. The van der Waals surface area contributed by atoms with E-state index in [1.807, 2.05) is 6.07 Å². The lowest BCUT2D eigenvalue weighted by Crippen LogP contribution is -2.05. The Bertz CT molecular complexity index is 1050.